The van der Waals surface area contributed by atoms with Gasteiger partial charge in [0, 0.05) is 49.8 Å². The molecule has 0 radical (unpaired) electrons. The van der Waals surface area contributed by atoms with Crippen molar-refractivity contribution in [1.82, 2.24) is 15.5 Å². The Kier molecular flexibility index (Phi) is 6.84. The van der Waals surface area contributed by atoms with Gasteiger partial charge in [-0.3, -0.25) is 0 Å². The number of carbonyl (C=O) groups is 1. The van der Waals surface area contributed by atoms with E-state index in [2.05, 4.69) is 27.3 Å². The van der Waals surface area contributed by atoms with Crippen molar-refractivity contribution >= 4 is 17.9 Å². The summed E-state index contributed by atoms with van der Waals surface area (Å²) < 4.78 is 5.32. The second-order valence-electron chi connectivity index (χ2n) is 7.26. The summed E-state index contributed by atoms with van der Waals surface area (Å²) in [5.41, 5.74) is -0.424. The predicted octanol–water partition coefficient (Wildman–Crippen LogP) is 2.07. The first-order valence-corrected chi connectivity index (χ1v) is 9.61. The van der Waals surface area contributed by atoms with E-state index in [4.69, 9.17) is 4.74 Å². The molecule has 5 nitrogen and oxygen atoms in total. The molecule has 1 heterocycles. The molecule has 1 aliphatic carbocycles. The predicted molar refractivity (Wildman–Crippen MR) is 92.6 cm³/mol. The lowest BCUT2D eigenvalue weighted by Crippen LogP contribution is -2.41. The number of nitrogens with one attached hydrogen (secondary N) is 2. The summed E-state index contributed by atoms with van der Waals surface area (Å²) in [5, 5.41) is 6.63. The molecule has 2 fully saturated rings. The molecule has 0 aromatic carbocycles. The van der Waals surface area contributed by atoms with E-state index in [0.29, 0.717) is 6.04 Å². The maximum atomic E-state index is 11.8. The number of alkyl carbamates (subject to hydrolysis) is 1. The number of thioether (sulfide) groups is 1. The molecule has 1 saturated carbocycles. The molecule has 2 atom stereocenters. The highest BCUT2D eigenvalue weighted by Crippen LogP contribution is 2.20. The Morgan fingerprint density at radius 1 is 1.23 bits per heavy atom. The van der Waals surface area contributed by atoms with E-state index in [-0.39, 0.29) is 12.1 Å². The molecule has 1 amide bonds. The van der Waals surface area contributed by atoms with E-state index >= 15 is 0 Å². The van der Waals surface area contributed by atoms with Crippen molar-refractivity contribution in [3.05, 3.63) is 0 Å². The van der Waals surface area contributed by atoms with Crippen LogP contribution >= 0.6 is 11.8 Å². The van der Waals surface area contributed by atoms with Crippen molar-refractivity contribution in [2.75, 3.05) is 37.7 Å². The summed E-state index contributed by atoms with van der Waals surface area (Å²) in [7, 11) is 0. The average Bonchev–Trinajstić information content (AvgIpc) is 2.85. The molecular formula is C16H31N3O2S. The van der Waals surface area contributed by atoms with E-state index in [1.165, 1.54) is 24.6 Å². The Balaban J connectivity index is 1.58. The fraction of sp³-hybridized carbons (Fsp3) is 0.938. The van der Waals surface area contributed by atoms with Gasteiger partial charge in [-0.1, -0.05) is 0 Å². The smallest absolute Gasteiger partial charge is 0.407 e. The van der Waals surface area contributed by atoms with Crippen LogP contribution < -0.4 is 10.6 Å². The summed E-state index contributed by atoms with van der Waals surface area (Å²) in [6.07, 6.45) is 2.90. The van der Waals surface area contributed by atoms with Gasteiger partial charge < -0.3 is 20.3 Å². The van der Waals surface area contributed by atoms with E-state index in [1.54, 1.807) is 0 Å². The Bertz CT molecular complexity index is 354. The fourth-order valence-electron chi connectivity index (χ4n) is 3.02. The Hall–Kier alpha value is -0.460. The third-order valence-corrected chi connectivity index (χ3v) is 5.06. The highest BCUT2D eigenvalue weighted by molar-refractivity contribution is 7.99. The number of hydrogen-bond acceptors (Lipinski definition) is 5. The van der Waals surface area contributed by atoms with E-state index < -0.39 is 5.60 Å². The summed E-state index contributed by atoms with van der Waals surface area (Å²) in [6, 6.07) is 0.776. The minimum absolute atomic E-state index is 0.249. The van der Waals surface area contributed by atoms with Gasteiger partial charge in [0.25, 0.3) is 0 Å². The van der Waals surface area contributed by atoms with Gasteiger partial charge >= 0.3 is 6.09 Å². The van der Waals surface area contributed by atoms with Gasteiger partial charge in [-0.15, -0.1) is 0 Å². The summed E-state index contributed by atoms with van der Waals surface area (Å²) >= 11 is 2.05. The number of ether oxygens (including phenoxy) is 1. The lowest BCUT2D eigenvalue weighted by molar-refractivity contribution is 0.0505. The maximum Gasteiger partial charge on any atom is 0.407 e. The molecule has 6 heteroatoms. The number of amides is 1. The van der Waals surface area contributed by atoms with Crippen molar-refractivity contribution in [1.29, 1.82) is 0 Å². The lowest BCUT2D eigenvalue weighted by atomic mass is 10.2. The number of nitrogens with zero attached hydrogens (tertiary/aromatic N) is 1. The zero-order valence-electron chi connectivity index (χ0n) is 14.2. The van der Waals surface area contributed by atoms with Crippen molar-refractivity contribution in [2.24, 2.45) is 0 Å². The van der Waals surface area contributed by atoms with Gasteiger partial charge in [-0.2, -0.15) is 11.8 Å². The first-order valence-electron chi connectivity index (χ1n) is 8.45. The van der Waals surface area contributed by atoms with Gasteiger partial charge in [-0.25, -0.2) is 4.79 Å². The van der Waals surface area contributed by atoms with Gasteiger partial charge in [0.1, 0.15) is 5.60 Å². The van der Waals surface area contributed by atoms with Gasteiger partial charge in [0.2, 0.25) is 0 Å². The maximum absolute atomic E-state index is 11.8. The summed E-state index contributed by atoms with van der Waals surface area (Å²) in [6.45, 7) is 10.3. The quantitative estimate of drug-likeness (QED) is 0.809. The van der Waals surface area contributed by atoms with Crippen molar-refractivity contribution in [2.45, 2.75) is 57.7 Å². The molecule has 2 rings (SSSR count). The van der Waals surface area contributed by atoms with Crippen LogP contribution in [-0.4, -0.2) is 66.4 Å². The minimum Gasteiger partial charge on any atom is -0.444 e. The van der Waals surface area contributed by atoms with Crippen LogP contribution in [0, 0.1) is 0 Å². The van der Waals surface area contributed by atoms with E-state index in [1.807, 2.05) is 20.8 Å². The first-order chi connectivity index (χ1) is 10.4. The molecule has 2 N–H and O–H groups in total. The Labute approximate surface area is 138 Å². The monoisotopic (exact) mass is 329 g/mol. The van der Waals surface area contributed by atoms with Crippen LogP contribution in [0.5, 0.6) is 0 Å². The molecule has 0 spiro atoms. The van der Waals surface area contributed by atoms with Crippen LogP contribution in [0.25, 0.3) is 0 Å². The zero-order valence-corrected chi connectivity index (χ0v) is 15.0. The molecule has 0 aromatic rings. The van der Waals surface area contributed by atoms with Gasteiger partial charge in [0.05, 0.1) is 0 Å². The highest BCUT2D eigenvalue weighted by Gasteiger charge is 2.27. The van der Waals surface area contributed by atoms with Crippen LogP contribution in [-0.2, 0) is 4.74 Å². The molecular weight excluding hydrogens is 298 g/mol. The van der Waals surface area contributed by atoms with Crippen molar-refractivity contribution < 1.29 is 9.53 Å². The number of carbonyl (C=O) groups excluding carboxylic acids is 1. The summed E-state index contributed by atoms with van der Waals surface area (Å²) in [4.78, 5) is 14.3. The molecule has 1 aliphatic heterocycles. The average molecular weight is 330 g/mol. The van der Waals surface area contributed by atoms with Crippen LogP contribution in [0.1, 0.15) is 40.0 Å². The Morgan fingerprint density at radius 2 is 1.91 bits per heavy atom. The molecule has 2 unspecified atom stereocenters. The minimum atomic E-state index is -0.424. The molecule has 128 valence electrons. The van der Waals surface area contributed by atoms with E-state index in [0.717, 1.165) is 32.4 Å². The van der Waals surface area contributed by atoms with Gasteiger partial charge in [0.15, 0.2) is 0 Å². The normalized spacial score (nSPS) is 26.9. The van der Waals surface area contributed by atoms with Crippen LogP contribution in [0.15, 0.2) is 0 Å². The number of hydrogen-bond donors (Lipinski definition) is 2. The van der Waals surface area contributed by atoms with Crippen molar-refractivity contribution in [3.63, 3.8) is 0 Å². The van der Waals surface area contributed by atoms with Gasteiger partial charge in [-0.05, 0) is 40.0 Å². The third-order valence-electron chi connectivity index (χ3n) is 4.12. The lowest BCUT2D eigenvalue weighted by Gasteiger charge is -2.26. The Morgan fingerprint density at radius 3 is 2.59 bits per heavy atom. The first kappa shape index (κ1) is 17.9. The topological polar surface area (TPSA) is 53.6 Å². The molecule has 22 heavy (non-hydrogen) atoms. The van der Waals surface area contributed by atoms with Crippen molar-refractivity contribution in [3.8, 4) is 0 Å². The number of rotatable bonds is 5. The molecule has 2 aliphatic rings. The molecule has 0 aromatic heterocycles. The second kappa shape index (κ2) is 8.41. The molecule has 0 bridgehead atoms. The largest absolute Gasteiger partial charge is 0.444 e. The van der Waals surface area contributed by atoms with Crippen LogP contribution in [0.3, 0.4) is 0 Å². The highest BCUT2D eigenvalue weighted by atomic mass is 32.2. The zero-order chi connectivity index (χ0) is 16.0. The third kappa shape index (κ3) is 6.75. The molecule has 1 saturated heterocycles. The van der Waals surface area contributed by atoms with E-state index in [9.17, 15) is 4.79 Å². The summed E-state index contributed by atoms with van der Waals surface area (Å²) in [5.74, 6) is 2.54. The SMILES string of the molecule is CC(C)(C)OC(=O)NC1CCC(NCCN2CCSCC2)C1. The van der Waals surface area contributed by atoms with Crippen LogP contribution in [0.4, 0.5) is 4.79 Å². The van der Waals surface area contributed by atoms with Crippen LogP contribution in [0.2, 0.25) is 0 Å². The second-order valence-corrected chi connectivity index (χ2v) is 8.49. The standard InChI is InChI=1S/C16H31N3O2S/c1-16(2,3)21-15(20)18-14-5-4-13(12-14)17-6-7-19-8-10-22-11-9-19/h13-14,17H,4-12H2,1-3H3,(H,18,20). The fourth-order valence-corrected chi connectivity index (χ4v) is 4.00.